The van der Waals surface area contributed by atoms with Crippen molar-refractivity contribution in [2.75, 3.05) is 33.9 Å². The molecule has 1 aliphatic rings. The highest BCUT2D eigenvalue weighted by Crippen LogP contribution is 2.37. The third kappa shape index (κ3) is 8.27. The highest BCUT2D eigenvalue weighted by Gasteiger charge is 2.28. The molecule has 2 bridgehead atoms. The summed E-state index contributed by atoms with van der Waals surface area (Å²) in [6, 6.07) is 9.12. The molecule has 0 unspecified atom stereocenters. The lowest BCUT2D eigenvalue weighted by Gasteiger charge is -2.26. The molecule has 0 fully saturated rings. The molecule has 0 aliphatic carbocycles. The highest BCUT2D eigenvalue weighted by molar-refractivity contribution is 6.33. The number of hydrogen-bond donors (Lipinski definition) is 3. The fourth-order valence-corrected chi connectivity index (χ4v) is 5.23. The molecule has 3 aromatic rings. The molecule has 14 heteroatoms. The lowest BCUT2D eigenvalue weighted by molar-refractivity contribution is -0.130. The number of methoxy groups -OCH3 is 2. The van der Waals surface area contributed by atoms with Crippen molar-refractivity contribution < 1.29 is 33.4 Å². The second kappa shape index (κ2) is 15.5. The Hall–Kier alpha value is -4.78. The molecule has 1 aromatic heterocycles. The number of amides is 4. The van der Waals surface area contributed by atoms with Crippen LogP contribution in [0.2, 0.25) is 5.02 Å². The van der Waals surface area contributed by atoms with Crippen molar-refractivity contribution in [1.82, 2.24) is 30.6 Å². The Morgan fingerprint density at radius 1 is 1.04 bits per heavy atom. The molecule has 46 heavy (non-hydrogen) atoms. The van der Waals surface area contributed by atoms with Gasteiger partial charge in [0, 0.05) is 31.9 Å². The van der Waals surface area contributed by atoms with E-state index in [0.29, 0.717) is 53.5 Å². The minimum Gasteiger partial charge on any atom is -0.496 e. The van der Waals surface area contributed by atoms with Gasteiger partial charge in [-0.1, -0.05) is 31.5 Å². The van der Waals surface area contributed by atoms with E-state index in [0.717, 1.165) is 0 Å². The maximum atomic E-state index is 13.5. The van der Waals surface area contributed by atoms with Crippen molar-refractivity contribution >= 4 is 35.2 Å². The number of aryl methyl sites for hydroxylation is 1. The van der Waals surface area contributed by atoms with E-state index in [-0.39, 0.29) is 42.2 Å². The van der Waals surface area contributed by atoms with Gasteiger partial charge in [-0.05, 0) is 49.1 Å². The maximum Gasteiger partial charge on any atom is 0.276 e. The number of carbonyl (C=O) groups is 4. The molecule has 2 aromatic carbocycles. The van der Waals surface area contributed by atoms with E-state index in [1.807, 2.05) is 13.8 Å². The SMILES string of the molecule is COc1ccc2cc1Oc1cccc(OC)c1CNC(=O)[C@@H](C(C)C)NC(=O)CN(C(=O)c1nn(C)cc1Cl)CCCCNC2=O. The van der Waals surface area contributed by atoms with Crippen LogP contribution in [0.3, 0.4) is 0 Å². The van der Waals surface area contributed by atoms with E-state index in [1.54, 1.807) is 43.4 Å². The third-order valence-corrected chi connectivity index (χ3v) is 7.69. The molecule has 1 atom stereocenters. The fourth-order valence-electron chi connectivity index (χ4n) is 4.97. The van der Waals surface area contributed by atoms with Gasteiger partial charge in [0.1, 0.15) is 17.5 Å². The summed E-state index contributed by atoms with van der Waals surface area (Å²) in [5.41, 5.74) is 0.895. The van der Waals surface area contributed by atoms with Crippen LogP contribution < -0.4 is 30.2 Å². The first kappa shape index (κ1) is 34.1. The number of fused-ring (bicyclic) bond motifs is 3. The predicted molar refractivity (Wildman–Crippen MR) is 170 cm³/mol. The van der Waals surface area contributed by atoms with E-state index in [2.05, 4.69) is 21.0 Å². The molecule has 3 N–H and O–H groups in total. The quantitative estimate of drug-likeness (QED) is 0.387. The van der Waals surface area contributed by atoms with E-state index < -0.39 is 23.8 Å². The van der Waals surface area contributed by atoms with Crippen LogP contribution in [-0.4, -0.2) is 78.2 Å². The average Bonchev–Trinajstić information content (AvgIpc) is 3.38. The molecule has 0 saturated carbocycles. The predicted octanol–water partition coefficient (Wildman–Crippen LogP) is 3.31. The average molecular weight is 655 g/mol. The normalized spacial score (nSPS) is 16.8. The Bertz CT molecular complexity index is 1590. The first-order valence-electron chi connectivity index (χ1n) is 14.9. The molecule has 246 valence electrons. The van der Waals surface area contributed by atoms with Gasteiger partial charge in [0.2, 0.25) is 11.8 Å². The summed E-state index contributed by atoms with van der Waals surface area (Å²) >= 11 is 6.25. The largest absolute Gasteiger partial charge is 0.496 e. The van der Waals surface area contributed by atoms with Crippen molar-refractivity contribution in [3.63, 3.8) is 0 Å². The zero-order chi connectivity index (χ0) is 33.4. The molecule has 2 heterocycles. The maximum absolute atomic E-state index is 13.5. The number of benzene rings is 2. The van der Waals surface area contributed by atoms with Crippen molar-refractivity contribution in [2.45, 2.75) is 39.3 Å². The molecule has 4 amide bonds. The third-order valence-electron chi connectivity index (χ3n) is 7.41. The van der Waals surface area contributed by atoms with E-state index in [1.165, 1.54) is 30.0 Å². The molecular weight excluding hydrogens is 616 g/mol. The van der Waals surface area contributed by atoms with E-state index >= 15 is 0 Å². The van der Waals surface area contributed by atoms with Gasteiger partial charge in [0.15, 0.2) is 17.2 Å². The van der Waals surface area contributed by atoms with Crippen LogP contribution in [0.5, 0.6) is 23.0 Å². The second-order valence-corrected chi connectivity index (χ2v) is 11.5. The van der Waals surface area contributed by atoms with Gasteiger partial charge in [-0.2, -0.15) is 5.10 Å². The summed E-state index contributed by atoms with van der Waals surface area (Å²) in [5, 5.41) is 12.9. The van der Waals surface area contributed by atoms with Crippen molar-refractivity contribution in [3.8, 4) is 23.0 Å². The molecule has 0 saturated heterocycles. The van der Waals surface area contributed by atoms with Crippen LogP contribution in [0.4, 0.5) is 0 Å². The van der Waals surface area contributed by atoms with Crippen molar-refractivity contribution in [1.29, 1.82) is 0 Å². The van der Waals surface area contributed by atoms with Gasteiger partial charge in [0.25, 0.3) is 11.8 Å². The summed E-state index contributed by atoms with van der Waals surface area (Å²) in [5.74, 6) is -0.561. The Kier molecular flexibility index (Phi) is 11.5. The smallest absolute Gasteiger partial charge is 0.276 e. The zero-order valence-corrected chi connectivity index (χ0v) is 27.3. The monoisotopic (exact) mass is 654 g/mol. The number of carbonyl (C=O) groups excluding carboxylic acids is 4. The number of hydrogen-bond acceptors (Lipinski definition) is 8. The number of ether oxygens (including phenoxy) is 3. The van der Waals surface area contributed by atoms with Gasteiger partial charge in [-0.15, -0.1) is 0 Å². The summed E-state index contributed by atoms with van der Waals surface area (Å²) in [7, 11) is 4.64. The Morgan fingerprint density at radius 2 is 1.80 bits per heavy atom. The van der Waals surface area contributed by atoms with Crippen LogP contribution >= 0.6 is 11.6 Å². The van der Waals surface area contributed by atoms with Crippen LogP contribution in [0.1, 0.15) is 53.1 Å². The lowest BCUT2D eigenvalue weighted by atomic mass is 10.0. The highest BCUT2D eigenvalue weighted by atomic mass is 35.5. The molecule has 1 aliphatic heterocycles. The van der Waals surface area contributed by atoms with Crippen molar-refractivity contribution in [3.05, 3.63) is 64.4 Å². The second-order valence-electron chi connectivity index (χ2n) is 11.1. The summed E-state index contributed by atoms with van der Waals surface area (Å²) in [6.45, 7) is 3.80. The first-order valence-corrected chi connectivity index (χ1v) is 15.3. The molecule has 4 rings (SSSR count). The topological polar surface area (TPSA) is 153 Å². The van der Waals surface area contributed by atoms with Gasteiger partial charge >= 0.3 is 0 Å². The molecule has 13 nitrogen and oxygen atoms in total. The number of halogens is 1. The van der Waals surface area contributed by atoms with Crippen LogP contribution in [-0.2, 0) is 23.2 Å². The van der Waals surface area contributed by atoms with Gasteiger partial charge in [0.05, 0.1) is 37.9 Å². The van der Waals surface area contributed by atoms with Crippen LogP contribution in [0, 0.1) is 5.92 Å². The number of aromatic nitrogens is 2. The Labute approximate surface area is 272 Å². The van der Waals surface area contributed by atoms with Gasteiger partial charge < -0.3 is 35.1 Å². The molecule has 0 spiro atoms. The first-order chi connectivity index (χ1) is 22.0. The van der Waals surface area contributed by atoms with Crippen LogP contribution in [0.15, 0.2) is 42.6 Å². The fraction of sp³-hybridized carbons (Fsp3) is 0.406. The van der Waals surface area contributed by atoms with Crippen molar-refractivity contribution in [2.24, 2.45) is 13.0 Å². The number of nitrogens with one attached hydrogen (secondary N) is 3. The summed E-state index contributed by atoms with van der Waals surface area (Å²) < 4.78 is 18.7. The Balaban J connectivity index is 1.68. The van der Waals surface area contributed by atoms with E-state index in [9.17, 15) is 19.2 Å². The zero-order valence-electron chi connectivity index (χ0n) is 26.5. The minimum atomic E-state index is -0.903. The van der Waals surface area contributed by atoms with E-state index in [4.69, 9.17) is 25.8 Å². The summed E-state index contributed by atoms with van der Waals surface area (Å²) in [6.07, 6.45) is 2.48. The molecule has 0 radical (unpaired) electrons. The summed E-state index contributed by atoms with van der Waals surface area (Å²) in [4.78, 5) is 54.6. The lowest BCUT2D eigenvalue weighted by Crippen LogP contribution is -2.52. The Morgan fingerprint density at radius 3 is 2.48 bits per heavy atom. The standard InChI is InChI=1S/C32H39ClN6O7/c1-19(2)28-31(42)35-16-21-23(44-4)9-8-10-24(21)46-26-15-20(11-12-25(26)45-5)30(41)34-13-6-7-14-39(18-27(40)36-28)32(43)29-22(33)17-38(3)37-29/h8-12,15,17,19,28H,6-7,13-14,16,18H2,1-5H3,(H,34,41)(H,35,42)(H,36,40)/t28-/m1/s1. The van der Waals surface area contributed by atoms with Gasteiger partial charge in [-0.25, -0.2) is 0 Å². The number of nitrogens with zero attached hydrogens (tertiary/aromatic N) is 3. The van der Waals surface area contributed by atoms with Crippen LogP contribution in [0.25, 0.3) is 0 Å². The number of rotatable bonds is 4. The molecular formula is C32H39ClN6O7. The van der Waals surface area contributed by atoms with Gasteiger partial charge in [-0.3, -0.25) is 23.9 Å². The minimum absolute atomic E-state index is 0.00253.